The second-order valence-electron chi connectivity index (χ2n) is 6.00. The van der Waals surface area contributed by atoms with Gasteiger partial charge in [0.2, 0.25) is 5.82 Å². The van der Waals surface area contributed by atoms with Gasteiger partial charge in [0.15, 0.2) is 0 Å². The van der Waals surface area contributed by atoms with Crippen molar-refractivity contribution in [2.24, 2.45) is 0 Å². The number of tetrazole rings is 1. The zero-order chi connectivity index (χ0) is 16.1. The summed E-state index contributed by atoms with van der Waals surface area (Å²) in [4.78, 5) is 2.41. The third-order valence-corrected chi connectivity index (χ3v) is 4.08. The Morgan fingerprint density at radius 3 is 3.04 bits per heavy atom. The first-order valence-electron chi connectivity index (χ1n) is 8.07. The number of nitrogens with zero attached hydrogens (tertiary/aromatic N) is 4. The molecule has 1 aliphatic heterocycles. The number of ether oxygens (including phenoxy) is 1. The first-order chi connectivity index (χ1) is 11.2. The Morgan fingerprint density at radius 2 is 2.22 bits per heavy atom. The molecule has 0 unspecified atom stereocenters. The summed E-state index contributed by atoms with van der Waals surface area (Å²) in [6.07, 6.45) is 4.24. The van der Waals surface area contributed by atoms with E-state index in [2.05, 4.69) is 63.6 Å². The van der Waals surface area contributed by atoms with E-state index in [4.69, 9.17) is 4.74 Å². The van der Waals surface area contributed by atoms with Crippen LogP contribution in [0.1, 0.15) is 29.8 Å². The van der Waals surface area contributed by atoms with Crippen LogP contribution in [0.15, 0.2) is 24.3 Å². The smallest absolute Gasteiger partial charge is 0.201 e. The molecule has 6 heteroatoms. The number of benzene rings is 1. The second-order valence-corrected chi connectivity index (χ2v) is 6.00. The van der Waals surface area contributed by atoms with Gasteiger partial charge >= 0.3 is 0 Å². The predicted octanol–water partition coefficient (Wildman–Crippen LogP) is 2.37. The van der Waals surface area contributed by atoms with Gasteiger partial charge in [0.05, 0.1) is 6.61 Å². The highest BCUT2D eigenvalue weighted by Crippen LogP contribution is 2.20. The van der Waals surface area contributed by atoms with E-state index in [1.165, 1.54) is 11.1 Å². The first-order valence-corrected chi connectivity index (χ1v) is 8.07. The van der Waals surface area contributed by atoms with Crippen molar-refractivity contribution in [1.29, 1.82) is 0 Å². The van der Waals surface area contributed by atoms with Crippen molar-refractivity contribution in [3.63, 3.8) is 0 Å². The van der Waals surface area contributed by atoms with Crippen molar-refractivity contribution in [3.05, 3.63) is 41.2 Å². The lowest BCUT2D eigenvalue weighted by Crippen LogP contribution is -2.31. The quantitative estimate of drug-likeness (QED) is 0.829. The monoisotopic (exact) mass is 313 g/mol. The van der Waals surface area contributed by atoms with Crippen LogP contribution in [0.2, 0.25) is 0 Å². The summed E-state index contributed by atoms with van der Waals surface area (Å²) in [6, 6.07) is 6.33. The molecule has 23 heavy (non-hydrogen) atoms. The Hall–Kier alpha value is -2.21. The predicted molar refractivity (Wildman–Crippen MR) is 89.2 cm³/mol. The maximum atomic E-state index is 5.93. The maximum absolute atomic E-state index is 5.93. The van der Waals surface area contributed by atoms with Crippen LogP contribution in [0.25, 0.3) is 5.57 Å². The van der Waals surface area contributed by atoms with Gasteiger partial charge in [-0.3, -0.25) is 4.90 Å². The average molecular weight is 313 g/mol. The van der Waals surface area contributed by atoms with Crippen molar-refractivity contribution in [3.8, 4) is 5.75 Å². The zero-order valence-corrected chi connectivity index (χ0v) is 13.7. The van der Waals surface area contributed by atoms with Crippen LogP contribution in [0.4, 0.5) is 0 Å². The van der Waals surface area contributed by atoms with Crippen molar-refractivity contribution in [1.82, 2.24) is 25.5 Å². The molecule has 122 valence electrons. The lowest BCUT2D eigenvalue weighted by atomic mass is 10.1. The molecule has 6 nitrogen and oxygen atoms in total. The second kappa shape index (κ2) is 7.37. The molecule has 3 rings (SSSR count). The molecule has 0 saturated carbocycles. The Labute approximate surface area is 136 Å². The average Bonchev–Trinajstić information content (AvgIpc) is 3.09. The number of hydrogen-bond donors (Lipinski definition) is 1. The number of H-pyrrole nitrogens is 1. The molecule has 0 spiro atoms. The summed E-state index contributed by atoms with van der Waals surface area (Å²) in [5.41, 5.74) is 3.58. The number of rotatable bonds is 6. The highest BCUT2D eigenvalue weighted by atomic mass is 16.5. The minimum Gasteiger partial charge on any atom is -0.493 e. The van der Waals surface area contributed by atoms with Gasteiger partial charge < -0.3 is 4.74 Å². The lowest BCUT2D eigenvalue weighted by molar-refractivity contribution is 0.248. The van der Waals surface area contributed by atoms with Crippen LogP contribution >= 0.6 is 0 Å². The van der Waals surface area contributed by atoms with Gasteiger partial charge in [-0.15, -0.1) is 10.2 Å². The van der Waals surface area contributed by atoms with E-state index in [1.54, 1.807) is 0 Å². The molecule has 0 amide bonds. The normalized spacial score (nSPS) is 15.5. The van der Waals surface area contributed by atoms with Gasteiger partial charge in [-0.05, 0) is 49.1 Å². The molecule has 0 bridgehead atoms. The van der Waals surface area contributed by atoms with Crippen molar-refractivity contribution in [2.45, 2.75) is 26.7 Å². The van der Waals surface area contributed by atoms with E-state index in [0.29, 0.717) is 5.82 Å². The van der Waals surface area contributed by atoms with Crippen LogP contribution in [-0.4, -0.2) is 51.8 Å². The molecule has 0 fully saturated rings. The van der Waals surface area contributed by atoms with Crippen LogP contribution in [-0.2, 0) is 0 Å². The molecule has 1 aromatic carbocycles. The van der Waals surface area contributed by atoms with E-state index in [9.17, 15) is 0 Å². The summed E-state index contributed by atoms with van der Waals surface area (Å²) in [7, 11) is 0. The minimum atomic E-state index is 0.710. The zero-order valence-electron chi connectivity index (χ0n) is 13.7. The van der Waals surface area contributed by atoms with Gasteiger partial charge in [0.25, 0.3) is 0 Å². The number of hydrogen-bond acceptors (Lipinski definition) is 5. The van der Waals surface area contributed by atoms with Crippen molar-refractivity contribution < 1.29 is 4.74 Å². The number of aryl methyl sites for hydroxylation is 2. The standard InChI is InChI=1S/C17H23N5O/c1-13-6-7-14(2)16(11-13)23-10-4-9-22-8-3-5-15(12-22)17-18-20-21-19-17/h5-7,11H,3-4,8-10,12H2,1-2H3,(H,18,19,20,21). The largest absolute Gasteiger partial charge is 0.493 e. The van der Waals surface area contributed by atoms with Crippen molar-refractivity contribution >= 4 is 5.57 Å². The fraction of sp³-hybridized carbons (Fsp3) is 0.471. The maximum Gasteiger partial charge on any atom is 0.201 e. The van der Waals surface area contributed by atoms with Gasteiger partial charge in [0.1, 0.15) is 5.75 Å². The van der Waals surface area contributed by atoms with Crippen LogP contribution in [0.3, 0.4) is 0 Å². The summed E-state index contributed by atoms with van der Waals surface area (Å²) in [5, 5.41) is 14.3. The van der Waals surface area contributed by atoms with Gasteiger partial charge in [-0.1, -0.05) is 18.2 Å². The summed E-state index contributed by atoms with van der Waals surface area (Å²) < 4.78 is 5.93. The number of nitrogens with one attached hydrogen (secondary N) is 1. The summed E-state index contributed by atoms with van der Waals surface area (Å²) >= 11 is 0. The Kier molecular flexibility index (Phi) is 5.02. The topological polar surface area (TPSA) is 66.9 Å². The van der Waals surface area contributed by atoms with Gasteiger partial charge in [0, 0.05) is 25.2 Å². The Balaban J connectivity index is 1.44. The third-order valence-electron chi connectivity index (χ3n) is 4.08. The lowest BCUT2D eigenvalue weighted by Gasteiger charge is -2.26. The third kappa shape index (κ3) is 4.16. The molecule has 1 aliphatic rings. The van der Waals surface area contributed by atoms with Crippen LogP contribution in [0, 0.1) is 13.8 Å². The molecule has 1 aromatic heterocycles. The highest BCUT2D eigenvalue weighted by Gasteiger charge is 2.16. The molecule has 2 heterocycles. The van der Waals surface area contributed by atoms with Gasteiger partial charge in [-0.2, -0.15) is 5.21 Å². The fourth-order valence-corrected chi connectivity index (χ4v) is 2.79. The number of aromatic amines is 1. The van der Waals surface area contributed by atoms with Gasteiger partial charge in [-0.25, -0.2) is 0 Å². The minimum absolute atomic E-state index is 0.710. The molecule has 0 aliphatic carbocycles. The van der Waals surface area contributed by atoms with E-state index in [0.717, 1.165) is 50.4 Å². The van der Waals surface area contributed by atoms with E-state index >= 15 is 0 Å². The Bertz CT molecular complexity index is 666. The molecular formula is C17H23N5O. The summed E-state index contributed by atoms with van der Waals surface area (Å²) in [5.74, 6) is 1.71. The van der Waals surface area contributed by atoms with Crippen LogP contribution in [0.5, 0.6) is 5.75 Å². The molecule has 1 N–H and O–H groups in total. The Morgan fingerprint density at radius 1 is 1.30 bits per heavy atom. The molecule has 2 aromatic rings. The van der Waals surface area contributed by atoms with Crippen LogP contribution < -0.4 is 4.74 Å². The SMILES string of the molecule is Cc1ccc(C)c(OCCCN2CCC=C(c3nn[nH]n3)C2)c1. The molecular weight excluding hydrogens is 290 g/mol. The molecule has 0 saturated heterocycles. The van der Waals surface area contributed by atoms with E-state index < -0.39 is 0 Å². The van der Waals surface area contributed by atoms with Crippen molar-refractivity contribution in [2.75, 3.05) is 26.2 Å². The number of aromatic nitrogens is 4. The summed E-state index contributed by atoms with van der Waals surface area (Å²) in [6.45, 7) is 7.88. The van der Waals surface area contributed by atoms with E-state index in [-0.39, 0.29) is 0 Å². The first kappa shape index (κ1) is 15.7. The van der Waals surface area contributed by atoms with E-state index in [1.807, 2.05) is 0 Å². The highest BCUT2D eigenvalue weighted by molar-refractivity contribution is 5.61. The molecule has 0 radical (unpaired) electrons. The fourth-order valence-electron chi connectivity index (χ4n) is 2.79. The molecule has 0 atom stereocenters.